The van der Waals surface area contributed by atoms with Crippen molar-refractivity contribution in [2.45, 2.75) is 40.2 Å². The van der Waals surface area contributed by atoms with E-state index in [0.717, 1.165) is 16.0 Å². The number of nitrogens with one attached hydrogen (secondary N) is 1. The summed E-state index contributed by atoms with van der Waals surface area (Å²) in [6.07, 6.45) is -0.134. The number of hydrogen-bond donors (Lipinski definition) is 2. The second-order valence-corrected chi connectivity index (χ2v) is 6.90. The van der Waals surface area contributed by atoms with E-state index in [1.54, 1.807) is 0 Å². The van der Waals surface area contributed by atoms with E-state index >= 15 is 0 Å². The number of hydrogen-bond acceptors (Lipinski definition) is 4. The molecule has 2 amide bonds. The van der Waals surface area contributed by atoms with Crippen molar-refractivity contribution in [1.29, 1.82) is 0 Å². The summed E-state index contributed by atoms with van der Waals surface area (Å²) in [5.74, 6) is -0.187. The molecular weight excluding hydrogens is 324 g/mol. The van der Waals surface area contributed by atoms with Gasteiger partial charge in [-0.1, -0.05) is 19.1 Å². The SMILES string of the molecule is CC[C@@H](Oc1cccc(C)c1)C(=O)Nc1sc(C)c(C)c1C(N)=O. The molecule has 128 valence electrons. The van der Waals surface area contributed by atoms with Gasteiger partial charge in [0.2, 0.25) is 0 Å². The van der Waals surface area contributed by atoms with Crippen LogP contribution in [0.5, 0.6) is 5.75 Å². The Morgan fingerprint density at radius 1 is 1.29 bits per heavy atom. The molecule has 0 saturated carbocycles. The van der Waals surface area contributed by atoms with Gasteiger partial charge in [-0.25, -0.2) is 0 Å². The molecule has 0 fully saturated rings. The number of benzene rings is 1. The summed E-state index contributed by atoms with van der Waals surface area (Å²) >= 11 is 1.35. The average Bonchev–Trinajstić information content (AvgIpc) is 2.79. The first-order chi connectivity index (χ1) is 11.3. The van der Waals surface area contributed by atoms with Crippen LogP contribution in [0.1, 0.15) is 39.7 Å². The van der Waals surface area contributed by atoms with Crippen LogP contribution in [0.25, 0.3) is 0 Å². The van der Waals surface area contributed by atoms with Gasteiger partial charge in [-0.05, 0) is 50.5 Å². The van der Waals surface area contributed by atoms with Gasteiger partial charge < -0.3 is 15.8 Å². The summed E-state index contributed by atoms with van der Waals surface area (Å²) in [5, 5.41) is 3.27. The molecule has 0 aliphatic rings. The van der Waals surface area contributed by atoms with Crippen molar-refractivity contribution in [2.75, 3.05) is 5.32 Å². The van der Waals surface area contributed by atoms with Gasteiger partial charge >= 0.3 is 0 Å². The van der Waals surface area contributed by atoms with Crippen LogP contribution < -0.4 is 15.8 Å². The maximum Gasteiger partial charge on any atom is 0.266 e. The Morgan fingerprint density at radius 3 is 2.58 bits per heavy atom. The highest BCUT2D eigenvalue weighted by Gasteiger charge is 2.23. The molecule has 3 N–H and O–H groups in total. The van der Waals surface area contributed by atoms with Crippen molar-refractivity contribution in [3.05, 3.63) is 45.8 Å². The molecule has 2 rings (SSSR count). The topological polar surface area (TPSA) is 81.4 Å². The Balaban J connectivity index is 2.18. The van der Waals surface area contributed by atoms with Gasteiger partial charge in [-0.15, -0.1) is 11.3 Å². The highest BCUT2D eigenvalue weighted by molar-refractivity contribution is 7.16. The van der Waals surface area contributed by atoms with Gasteiger partial charge in [0.15, 0.2) is 6.10 Å². The maximum absolute atomic E-state index is 12.5. The molecular formula is C18H22N2O3S. The summed E-state index contributed by atoms with van der Waals surface area (Å²) in [7, 11) is 0. The summed E-state index contributed by atoms with van der Waals surface area (Å²) in [6.45, 7) is 7.55. The first kappa shape index (κ1) is 18.0. The molecule has 0 bridgehead atoms. The van der Waals surface area contributed by atoms with Gasteiger partial charge in [-0.2, -0.15) is 0 Å². The van der Waals surface area contributed by atoms with Crippen LogP contribution in [0.2, 0.25) is 0 Å². The highest BCUT2D eigenvalue weighted by Crippen LogP contribution is 2.32. The lowest BCUT2D eigenvalue weighted by Crippen LogP contribution is -2.32. The Hall–Kier alpha value is -2.34. The summed E-state index contributed by atoms with van der Waals surface area (Å²) in [4.78, 5) is 25.1. The minimum atomic E-state index is -0.643. The van der Waals surface area contributed by atoms with E-state index in [0.29, 0.717) is 22.7 Å². The van der Waals surface area contributed by atoms with Crippen LogP contribution in [-0.4, -0.2) is 17.9 Å². The third-order valence-corrected chi connectivity index (χ3v) is 4.92. The molecule has 0 spiro atoms. The van der Waals surface area contributed by atoms with Crippen molar-refractivity contribution in [2.24, 2.45) is 5.73 Å². The van der Waals surface area contributed by atoms with E-state index < -0.39 is 12.0 Å². The van der Waals surface area contributed by atoms with E-state index in [2.05, 4.69) is 5.32 Å². The third kappa shape index (κ3) is 3.94. The molecule has 2 aromatic rings. The number of rotatable bonds is 6. The Kier molecular flexibility index (Phi) is 5.62. The number of anilines is 1. The van der Waals surface area contributed by atoms with Gasteiger partial charge in [-0.3, -0.25) is 9.59 Å². The van der Waals surface area contributed by atoms with Crippen molar-refractivity contribution >= 4 is 28.2 Å². The maximum atomic E-state index is 12.5. The van der Waals surface area contributed by atoms with Crippen LogP contribution in [0, 0.1) is 20.8 Å². The first-order valence-electron chi connectivity index (χ1n) is 7.77. The number of nitrogens with two attached hydrogens (primary N) is 1. The van der Waals surface area contributed by atoms with Crippen LogP contribution >= 0.6 is 11.3 Å². The molecule has 24 heavy (non-hydrogen) atoms. The Morgan fingerprint density at radius 2 is 2.00 bits per heavy atom. The summed E-state index contributed by atoms with van der Waals surface area (Å²) < 4.78 is 5.79. The minimum Gasteiger partial charge on any atom is -0.481 e. The average molecular weight is 346 g/mol. The smallest absolute Gasteiger partial charge is 0.266 e. The zero-order chi connectivity index (χ0) is 17.9. The van der Waals surface area contributed by atoms with Gasteiger partial charge in [0.25, 0.3) is 11.8 Å². The molecule has 1 atom stereocenters. The molecule has 0 aliphatic heterocycles. The largest absolute Gasteiger partial charge is 0.481 e. The molecule has 1 aromatic carbocycles. The summed E-state index contributed by atoms with van der Waals surface area (Å²) in [5.41, 5.74) is 7.67. The van der Waals surface area contributed by atoms with Crippen LogP contribution in [0.3, 0.4) is 0 Å². The molecule has 1 aromatic heterocycles. The Labute approximate surface area is 145 Å². The van der Waals surface area contributed by atoms with Gasteiger partial charge in [0.05, 0.1) is 5.56 Å². The monoisotopic (exact) mass is 346 g/mol. The van der Waals surface area contributed by atoms with E-state index in [1.165, 1.54) is 11.3 Å². The van der Waals surface area contributed by atoms with E-state index in [-0.39, 0.29) is 5.91 Å². The molecule has 6 heteroatoms. The lowest BCUT2D eigenvalue weighted by Gasteiger charge is -2.17. The van der Waals surface area contributed by atoms with Crippen LogP contribution in [0.4, 0.5) is 5.00 Å². The van der Waals surface area contributed by atoms with Crippen molar-refractivity contribution in [3.63, 3.8) is 0 Å². The molecule has 1 heterocycles. The zero-order valence-electron chi connectivity index (χ0n) is 14.3. The van der Waals surface area contributed by atoms with Crippen molar-refractivity contribution < 1.29 is 14.3 Å². The number of carbonyl (C=O) groups excluding carboxylic acids is 2. The van der Waals surface area contributed by atoms with Crippen LogP contribution in [0.15, 0.2) is 24.3 Å². The number of aryl methyl sites for hydroxylation is 2. The summed E-state index contributed by atoms with van der Waals surface area (Å²) in [6, 6.07) is 7.54. The molecule has 0 unspecified atom stereocenters. The molecule has 0 saturated heterocycles. The minimum absolute atomic E-state index is 0.289. The van der Waals surface area contributed by atoms with E-state index in [1.807, 2.05) is 52.0 Å². The second-order valence-electron chi connectivity index (χ2n) is 5.67. The fraction of sp³-hybridized carbons (Fsp3) is 0.333. The predicted octanol–water partition coefficient (Wildman–Crippen LogP) is 3.57. The lowest BCUT2D eigenvalue weighted by molar-refractivity contribution is -0.122. The highest BCUT2D eigenvalue weighted by atomic mass is 32.1. The second kappa shape index (κ2) is 7.49. The number of ether oxygens (including phenoxy) is 1. The fourth-order valence-electron chi connectivity index (χ4n) is 2.38. The quantitative estimate of drug-likeness (QED) is 0.839. The number of thiophene rings is 1. The van der Waals surface area contributed by atoms with Crippen LogP contribution in [-0.2, 0) is 4.79 Å². The Bertz CT molecular complexity index is 768. The predicted molar refractivity (Wildman–Crippen MR) is 96.8 cm³/mol. The molecule has 0 aliphatic carbocycles. The number of carbonyl (C=O) groups is 2. The normalized spacial score (nSPS) is 11.8. The standard InChI is InChI=1S/C18H22N2O3S/c1-5-14(23-13-8-6-7-10(2)9-13)17(22)20-18-15(16(19)21)11(3)12(4)24-18/h6-9,14H,5H2,1-4H3,(H2,19,21)(H,20,22)/t14-/m1/s1. The van der Waals surface area contributed by atoms with E-state index in [4.69, 9.17) is 10.5 Å². The molecule has 5 nitrogen and oxygen atoms in total. The third-order valence-electron chi connectivity index (χ3n) is 3.80. The molecule has 0 radical (unpaired) electrons. The number of primary amides is 1. The lowest BCUT2D eigenvalue weighted by atomic mass is 10.1. The van der Waals surface area contributed by atoms with Crippen molar-refractivity contribution in [3.8, 4) is 5.75 Å². The fourth-order valence-corrected chi connectivity index (χ4v) is 3.45. The van der Waals surface area contributed by atoms with Gasteiger partial charge in [0, 0.05) is 4.88 Å². The first-order valence-corrected chi connectivity index (χ1v) is 8.59. The van der Waals surface area contributed by atoms with Crippen molar-refractivity contribution in [1.82, 2.24) is 0 Å². The number of amides is 2. The zero-order valence-corrected chi connectivity index (χ0v) is 15.1. The van der Waals surface area contributed by atoms with E-state index in [9.17, 15) is 9.59 Å². The van der Waals surface area contributed by atoms with Gasteiger partial charge in [0.1, 0.15) is 10.8 Å².